The average Bonchev–Trinajstić information content (AvgIpc) is 3.71. The van der Waals surface area contributed by atoms with Crippen LogP contribution in [0.1, 0.15) is 50.2 Å². The number of carbonyl (C=O) groups is 3. The lowest BCUT2D eigenvalue weighted by molar-refractivity contribution is 0.0992. The van der Waals surface area contributed by atoms with E-state index < -0.39 is 11.8 Å². The molecule has 3 heterocycles. The van der Waals surface area contributed by atoms with Gasteiger partial charge in [0.1, 0.15) is 17.0 Å². The molecule has 3 amide bonds. The Morgan fingerprint density at radius 2 is 1.65 bits per heavy atom. The number of primary amides is 2. The van der Waals surface area contributed by atoms with Crippen LogP contribution >= 0.6 is 0 Å². The van der Waals surface area contributed by atoms with Crippen LogP contribution in [-0.2, 0) is 19.6 Å². The molecule has 0 radical (unpaired) electrons. The number of carbonyl (C=O) groups excluding carboxylic acids is 3. The number of ether oxygens (including phenoxy) is 1. The largest absolute Gasteiger partial charge is 0.491 e. The van der Waals surface area contributed by atoms with Crippen LogP contribution in [0, 0.1) is 6.92 Å². The van der Waals surface area contributed by atoms with Gasteiger partial charge in [-0.2, -0.15) is 5.10 Å². The van der Waals surface area contributed by atoms with Gasteiger partial charge in [-0.1, -0.05) is 12.2 Å². The standard InChI is InChI=1S/C31H36N10O5/c1-4-41-24(14-18(2)38-41)29(45)37-31-35-21-15-19(27(32)43)8-9-23(21)39(31)10-5-6-11-40-26-22(36-30(40)34-3)16-20(28(33)44)17-25(26)46-13-7-12-42/h5-6,8-9,14-17,42H,4,7,10-13H2,1-3H3,(H2,32,43)(H2,33,44)(H,34,36)(H,35,37,45)/b6-5+. The maximum atomic E-state index is 13.3. The molecule has 0 fully saturated rings. The van der Waals surface area contributed by atoms with Crippen LogP contribution in [0.5, 0.6) is 5.75 Å². The number of anilines is 2. The highest BCUT2D eigenvalue weighted by Crippen LogP contribution is 2.31. The van der Waals surface area contributed by atoms with Crippen molar-refractivity contribution in [2.75, 3.05) is 30.9 Å². The Hall–Kier alpha value is -5.70. The van der Waals surface area contributed by atoms with Gasteiger partial charge < -0.3 is 35.8 Å². The van der Waals surface area contributed by atoms with Crippen molar-refractivity contribution in [1.29, 1.82) is 0 Å². The van der Waals surface area contributed by atoms with Crippen LogP contribution in [0.25, 0.3) is 22.1 Å². The molecular weight excluding hydrogens is 592 g/mol. The highest BCUT2D eigenvalue weighted by atomic mass is 16.5. The van der Waals surface area contributed by atoms with E-state index in [2.05, 4.69) is 25.7 Å². The molecule has 7 N–H and O–H groups in total. The predicted octanol–water partition coefficient (Wildman–Crippen LogP) is 2.42. The zero-order valence-corrected chi connectivity index (χ0v) is 25.8. The Labute approximate surface area is 263 Å². The lowest BCUT2D eigenvalue weighted by Crippen LogP contribution is -2.19. The maximum absolute atomic E-state index is 13.3. The third-order valence-corrected chi connectivity index (χ3v) is 7.31. The first-order valence-corrected chi connectivity index (χ1v) is 14.7. The van der Waals surface area contributed by atoms with Gasteiger partial charge in [-0.3, -0.25) is 24.4 Å². The highest BCUT2D eigenvalue weighted by molar-refractivity contribution is 6.03. The second-order valence-electron chi connectivity index (χ2n) is 10.5. The smallest absolute Gasteiger partial charge is 0.276 e. The van der Waals surface area contributed by atoms with E-state index in [0.717, 1.165) is 5.69 Å². The maximum Gasteiger partial charge on any atom is 0.276 e. The Kier molecular flexibility index (Phi) is 9.32. The van der Waals surface area contributed by atoms with Crippen molar-refractivity contribution in [2.45, 2.75) is 39.9 Å². The molecule has 5 rings (SSSR count). The van der Waals surface area contributed by atoms with Gasteiger partial charge in [0.2, 0.25) is 23.7 Å². The molecule has 0 aliphatic rings. The number of amides is 3. The van der Waals surface area contributed by atoms with E-state index in [1.807, 2.05) is 35.1 Å². The fraction of sp³-hybridized carbons (Fsp3) is 0.290. The van der Waals surface area contributed by atoms with Gasteiger partial charge >= 0.3 is 0 Å². The number of rotatable bonds is 14. The molecule has 15 nitrogen and oxygen atoms in total. The third kappa shape index (κ3) is 6.39. The molecule has 0 aliphatic heterocycles. The second kappa shape index (κ2) is 13.5. The zero-order valence-electron chi connectivity index (χ0n) is 25.8. The van der Waals surface area contributed by atoms with Crippen LogP contribution in [0.15, 0.2) is 48.6 Å². The van der Waals surface area contributed by atoms with Crippen molar-refractivity contribution in [1.82, 2.24) is 28.9 Å². The second-order valence-corrected chi connectivity index (χ2v) is 10.5. The van der Waals surface area contributed by atoms with Crippen molar-refractivity contribution >= 4 is 51.7 Å². The summed E-state index contributed by atoms with van der Waals surface area (Å²) < 4.78 is 11.3. The number of aliphatic hydroxyl groups is 1. The lowest BCUT2D eigenvalue weighted by atomic mass is 10.1. The van der Waals surface area contributed by atoms with Crippen LogP contribution in [0.3, 0.4) is 0 Å². The van der Waals surface area contributed by atoms with Crippen molar-refractivity contribution in [3.05, 3.63) is 71.1 Å². The minimum absolute atomic E-state index is 0.0421. The van der Waals surface area contributed by atoms with Gasteiger partial charge in [-0.15, -0.1) is 0 Å². The number of aromatic nitrogens is 6. The van der Waals surface area contributed by atoms with E-state index in [1.54, 1.807) is 48.1 Å². The Bertz CT molecular complexity index is 1970. The molecular formula is C31H36N10O5. The molecule has 3 aromatic heterocycles. The summed E-state index contributed by atoms with van der Waals surface area (Å²) in [7, 11) is 1.74. The first-order chi connectivity index (χ1) is 22.1. The van der Waals surface area contributed by atoms with Crippen LogP contribution in [-0.4, -0.2) is 72.0 Å². The van der Waals surface area contributed by atoms with E-state index >= 15 is 0 Å². The van der Waals surface area contributed by atoms with E-state index in [9.17, 15) is 19.5 Å². The summed E-state index contributed by atoms with van der Waals surface area (Å²) in [6.45, 7) is 5.13. The predicted molar refractivity (Wildman–Crippen MR) is 173 cm³/mol. The number of fused-ring (bicyclic) bond motifs is 2. The summed E-state index contributed by atoms with van der Waals surface area (Å²) in [6.07, 6.45) is 4.25. The summed E-state index contributed by atoms with van der Waals surface area (Å²) in [4.78, 5) is 46.3. The fourth-order valence-corrected chi connectivity index (χ4v) is 5.16. The van der Waals surface area contributed by atoms with E-state index in [0.29, 0.717) is 71.1 Å². The quantitative estimate of drug-likeness (QED) is 0.0901. The monoisotopic (exact) mass is 628 g/mol. The molecule has 240 valence electrons. The first-order valence-electron chi connectivity index (χ1n) is 14.7. The van der Waals surface area contributed by atoms with Crippen LogP contribution < -0.4 is 26.8 Å². The lowest BCUT2D eigenvalue weighted by Gasteiger charge is -2.12. The zero-order chi connectivity index (χ0) is 33.0. The number of nitrogens with zero attached hydrogens (tertiary/aromatic N) is 6. The fourth-order valence-electron chi connectivity index (χ4n) is 5.16. The first kappa shape index (κ1) is 31.7. The van der Waals surface area contributed by atoms with Gasteiger partial charge in [0.25, 0.3) is 5.91 Å². The molecule has 0 saturated heterocycles. The van der Waals surface area contributed by atoms with Gasteiger partial charge in [0, 0.05) is 50.8 Å². The number of nitrogens with one attached hydrogen (secondary N) is 2. The number of aryl methyl sites for hydroxylation is 2. The SMILES string of the molecule is CCn1nc(C)cc1C(=O)Nc1nc2cc(C(N)=O)ccc2n1C/C=C/Cn1c(NC)nc2cc(C(N)=O)cc(OCCCO)c21. The average molecular weight is 629 g/mol. The number of hydrogen-bond acceptors (Lipinski definition) is 9. The van der Waals surface area contributed by atoms with Gasteiger partial charge in [0.05, 0.1) is 28.9 Å². The van der Waals surface area contributed by atoms with E-state index in [4.69, 9.17) is 16.2 Å². The molecule has 0 spiro atoms. The minimum Gasteiger partial charge on any atom is -0.491 e. The third-order valence-electron chi connectivity index (χ3n) is 7.31. The molecule has 2 aromatic carbocycles. The molecule has 46 heavy (non-hydrogen) atoms. The number of aliphatic hydroxyl groups excluding tert-OH is 1. The molecule has 0 bridgehead atoms. The van der Waals surface area contributed by atoms with E-state index in [-0.39, 0.29) is 30.6 Å². The van der Waals surface area contributed by atoms with Crippen molar-refractivity contribution in [3.8, 4) is 5.75 Å². The number of hydrogen-bond donors (Lipinski definition) is 5. The summed E-state index contributed by atoms with van der Waals surface area (Å²) in [5.41, 5.74) is 15.1. The number of allylic oxidation sites excluding steroid dienone is 2. The molecule has 0 saturated carbocycles. The van der Waals surface area contributed by atoms with Crippen molar-refractivity contribution < 1.29 is 24.2 Å². The molecule has 0 aliphatic carbocycles. The van der Waals surface area contributed by atoms with Crippen LogP contribution in [0.4, 0.5) is 11.9 Å². The van der Waals surface area contributed by atoms with E-state index in [1.165, 1.54) is 0 Å². The summed E-state index contributed by atoms with van der Waals surface area (Å²) in [5.74, 6) is -0.321. The topological polar surface area (TPSA) is 210 Å². The molecule has 0 atom stereocenters. The van der Waals surface area contributed by atoms with Crippen molar-refractivity contribution in [2.24, 2.45) is 11.5 Å². The summed E-state index contributed by atoms with van der Waals surface area (Å²) >= 11 is 0. The molecule has 15 heteroatoms. The highest BCUT2D eigenvalue weighted by Gasteiger charge is 2.20. The summed E-state index contributed by atoms with van der Waals surface area (Å²) in [5, 5.41) is 19.6. The normalized spacial score (nSPS) is 11.5. The number of nitrogens with two attached hydrogens (primary N) is 2. The Balaban J connectivity index is 1.47. The number of benzene rings is 2. The minimum atomic E-state index is -0.609. The Morgan fingerprint density at radius 3 is 2.33 bits per heavy atom. The Morgan fingerprint density at radius 1 is 0.957 bits per heavy atom. The van der Waals surface area contributed by atoms with Gasteiger partial charge in [-0.05, 0) is 50.2 Å². The van der Waals surface area contributed by atoms with Crippen molar-refractivity contribution in [3.63, 3.8) is 0 Å². The molecule has 0 unspecified atom stereocenters. The van der Waals surface area contributed by atoms with Crippen LogP contribution in [0.2, 0.25) is 0 Å². The van der Waals surface area contributed by atoms with Gasteiger partial charge in [-0.25, -0.2) is 9.97 Å². The summed E-state index contributed by atoms with van der Waals surface area (Å²) in [6, 6.07) is 9.83. The number of imidazole rings is 2. The van der Waals surface area contributed by atoms with Gasteiger partial charge in [0.15, 0.2) is 0 Å². The molecule has 5 aromatic rings.